The molecule has 1 heterocycles. The van der Waals surface area contributed by atoms with Crippen LogP contribution in [0.25, 0.3) is 0 Å². The van der Waals surface area contributed by atoms with Crippen LogP contribution in [0.15, 0.2) is 24.3 Å². The summed E-state index contributed by atoms with van der Waals surface area (Å²) in [5, 5.41) is 3.24. The number of rotatable bonds is 2. The van der Waals surface area contributed by atoms with E-state index in [0.717, 1.165) is 25.3 Å². The quantitative estimate of drug-likeness (QED) is 0.847. The molecule has 3 nitrogen and oxygen atoms in total. The Balaban J connectivity index is 2.17. The van der Waals surface area contributed by atoms with Crippen LogP contribution in [0.1, 0.15) is 31.7 Å². The first kappa shape index (κ1) is 12.1. The average molecular weight is 232 g/mol. The molecule has 1 aromatic rings. The zero-order valence-electron chi connectivity index (χ0n) is 10.6. The molecule has 92 valence electrons. The van der Waals surface area contributed by atoms with Crippen molar-refractivity contribution in [3.63, 3.8) is 0 Å². The molecule has 0 bridgehead atoms. The Bertz CT molecular complexity index is 384. The Morgan fingerprint density at radius 2 is 1.88 bits per heavy atom. The number of nitrogens with one attached hydrogen (secondary N) is 1. The highest BCUT2D eigenvalue weighted by molar-refractivity contribution is 5.93. The molecule has 0 unspecified atom stereocenters. The number of hydrogen-bond acceptors (Lipinski definition) is 2. The minimum atomic E-state index is 0.215. The highest BCUT2D eigenvalue weighted by Gasteiger charge is 2.17. The maximum Gasteiger partial charge on any atom is 0.228 e. The number of carbonyl (C=O) groups is 1. The normalized spacial score (nSPS) is 17.4. The maximum atomic E-state index is 11.9. The van der Waals surface area contributed by atoms with Gasteiger partial charge in [0, 0.05) is 31.7 Å². The van der Waals surface area contributed by atoms with Gasteiger partial charge in [-0.2, -0.15) is 0 Å². The summed E-state index contributed by atoms with van der Waals surface area (Å²) in [7, 11) is 0. The van der Waals surface area contributed by atoms with E-state index in [-0.39, 0.29) is 5.91 Å². The van der Waals surface area contributed by atoms with E-state index in [0.29, 0.717) is 12.3 Å². The Morgan fingerprint density at radius 1 is 1.18 bits per heavy atom. The first-order chi connectivity index (χ1) is 8.18. The number of benzene rings is 1. The van der Waals surface area contributed by atoms with Crippen molar-refractivity contribution in [2.24, 2.45) is 0 Å². The predicted molar refractivity (Wildman–Crippen MR) is 70.4 cm³/mol. The fourth-order valence-corrected chi connectivity index (χ4v) is 2.08. The van der Waals surface area contributed by atoms with Crippen LogP contribution in [0.5, 0.6) is 0 Å². The molecular weight excluding hydrogens is 212 g/mol. The molecule has 1 saturated heterocycles. The lowest BCUT2D eigenvalue weighted by Gasteiger charge is -2.20. The average Bonchev–Trinajstić information content (AvgIpc) is 2.54. The van der Waals surface area contributed by atoms with E-state index in [1.165, 1.54) is 5.56 Å². The van der Waals surface area contributed by atoms with Gasteiger partial charge < -0.3 is 10.2 Å². The topological polar surface area (TPSA) is 32.3 Å². The van der Waals surface area contributed by atoms with Crippen molar-refractivity contribution in [1.29, 1.82) is 0 Å². The summed E-state index contributed by atoms with van der Waals surface area (Å²) in [6, 6.07) is 8.34. The van der Waals surface area contributed by atoms with Crippen LogP contribution in [0.2, 0.25) is 0 Å². The van der Waals surface area contributed by atoms with Gasteiger partial charge in [-0.3, -0.25) is 4.79 Å². The standard InChI is InChI=1S/C14H20N2O/c1-11(2)12-3-5-13(6-4-12)16-10-9-15-8-7-14(16)17/h3-6,11,15H,7-10H2,1-2H3. The summed E-state index contributed by atoms with van der Waals surface area (Å²) in [6.07, 6.45) is 0.589. The molecule has 0 aliphatic carbocycles. The van der Waals surface area contributed by atoms with Gasteiger partial charge >= 0.3 is 0 Å². The van der Waals surface area contributed by atoms with Gasteiger partial charge in [-0.25, -0.2) is 0 Å². The molecule has 1 fully saturated rings. The van der Waals surface area contributed by atoms with Crippen molar-refractivity contribution >= 4 is 11.6 Å². The molecule has 0 saturated carbocycles. The van der Waals surface area contributed by atoms with Crippen LogP contribution in [-0.4, -0.2) is 25.5 Å². The number of hydrogen-bond donors (Lipinski definition) is 1. The van der Waals surface area contributed by atoms with Crippen LogP contribution >= 0.6 is 0 Å². The van der Waals surface area contributed by atoms with Crippen molar-refractivity contribution in [2.45, 2.75) is 26.2 Å². The second kappa shape index (κ2) is 5.32. The van der Waals surface area contributed by atoms with Crippen molar-refractivity contribution in [3.05, 3.63) is 29.8 Å². The van der Waals surface area contributed by atoms with Gasteiger partial charge in [0.15, 0.2) is 0 Å². The van der Waals surface area contributed by atoms with E-state index in [2.05, 4.69) is 43.4 Å². The van der Waals surface area contributed by atoms with Crippen molar-refractivity contribution in [1.82, 2.24) is 5.32 Å². The number of anilines is 1. The zero-order chi connectivity index (χ0) is 12.3. The second-order valence-electron chi connectivity index (χ2n) is 4.79. The summed E-state index contributed by atoms with van der Waals surface area (Å²) in [6.45, 7) is 6.78. The van der Waals surface area contributed by atoms with E-state index in [9.17, 15) is 4.79 Å². The van der Waals surface area contributed by atoms with Crippen molar-refractivity contribution in [2.75, 3.05) is 24.5 Å². The lowest BCUT2D eigenvalue weighted by atomic mass is 10.0. The van der Waals surface area contributed by atoms with Crippen molar-refractivity contribution in [3.8, 4) is 0 Å². The minimum Gasteiger partial charge on any atom is -0.314 e. The molecule has 0 radical (unpaired) electrons. The smallest absolute Gasteiger partial charge is 0.228 e. The molecule has 3 heteroatoms. The number of carbonyl (C=O) groups excluding carboxylic acids is 1. The Labute approximate surface area is 103 Å². The fourth-order valence-electron chi connectivity index (χ4n) is 2.08. The fraction of sp³-hybridized carbons (Fsp3) is 0.500. The molecule has 1 N–H and O–H groups in total. The van der Waals surface area contributed by atoms with Gasteiger partial charge in [0.2, 0.25) is 5.91 Å². The second-order valence-corrected chi connectivity index (χ2v) is 4.79. The highest BCUT2D eigenvalue weighted by atomic mass is 16.2. The lowest BCUT2D eigenvalue weighted by molar-refractivity contribution is -0.118. The molecule has 17 heavy (non-hydrogen) atoms. The van der Waals surface area contributed by atoms with Crippen LogP contribution in [-0.2, 0) is 4.79 Å². The van der Waals surface area contributed by atoms with Gasteiger partial charge in [-0.05, 0) is 23.6 Å². The van der Waals surface area contributed by atoms with Crippen LogP contribution in [0, 0.1) is 0 Å². The van der Waals surface area contributed by atoms with E-state index >= 15 is 0 Å². The third-order valence-corrected chi connectivity index (χ3v) is 3.20. The van der Waals surface area contributed by atoms with Gasteiger partial charge in [-0.15, -0.1) is 0 Å². The SMILES string of the molecule is CC(C)c1ccc(N2CCNCCC2=O)cc1. The Kier molecular flexibility index (Phi) is 3.79. The van der Waals surface area contributed by atoms with Crippen LogP contribution in [0.3, 0.4) is 0 Å². The van der Waals surface area contributed by atoms with E-state index < -0.39 is 0 Å². The van der Waals surface area contributed by atoms with Gasteiger partial charge in [-0.1, -0.05) is 26.0 Å². The van der Waals surface area contributed by atoms with E-state index in [1.54, 1.807) is 0 Å². The molecule has 1 aliphatic rings. The molecule has 0 spiro atoms. The van der Waals surface area contributed by atoms with E-state index in [4.69, 9.17) is 0 Å². The van der Waals surface area contributed by atoms with E-state index in [1.807, 2.05) is 4.90 Å². The Morgan fingerprint density at radius 3 is 2.53 bits per heavy atom. The predicted octanol–water partition coefficient (Wildman–Crippen LogP) is 2.14. The molecule has 0 atom stereocenters. The third-order valence-electron chi connectivity index (χ3n) is 3.20. The molecular formula is C14H20N2O. The van der Waals surface area contributed by atoms with Crippen LogP contribution in [0.4, 0.5) is 5.69 Å². The Hall–Kier alpha value is -1.35. The van der Waals surface area contributed by atoms with Gasteiger partial charge in [0.05, 0.1) is 0 Å². The van der Waals surface area contributed by atoms with Gasteiger partial charge in [0.1, 0.15) is 0 Å². The third kappa shape index (κ3) is 2.86. The molecule has 2 rings (SSSR count). The number of nitrogens with zero attached hydrogens (tertiary/aromatic N) is 1. The summed E-state index contributed by atoms with van der Waals surface area (Å²) in [5.41, 5.74) is 2.33. The van der Waals surface area contributed by atoms with Gasteiger partial charge in [0.25, 0.3) is 0 Å². The summed E-state index contributed by atoms with van der Waals surface area (Å²) >= 11 is 0. The lowest BCUT2D eigenvalue weighted by Crippen LogP contribution is -2.32. The number of amides is 1. The first-order valence-corrected chi connectivity index (χ1v) is 6.29. The highest BCUT2D eigenvalue weighted by Crippen LogP contribution is 2.20. The monoisotopic (exact) mass is 232 g/mol. The summed E-state index contributed by atoms with van der Waals surface area (Å²) in [4.78, 5) is 13.8. The molecule has 0 aromatic heterocycles. The molecule has 1 aliphatic heterocycles. The largest absolute Gasteiger partial charge is 0.314 e. The van der Waals surface area contributed by atoms with Crippen LogP contribution < -0.4 is 10.2 Å². The summed E-state index contributed by atoms with van der Waals surface area (Å²) < 4.78 is 0. The van der Waals surface area contributed by atoms with Crippen molar-refractivity contribution < 1.29 is 4.79 Å². The maximum absolute atomic E-state index is 11.9. The zero-order valence-corrected chi connectivity index (χ0v) is 10.6. The molecule has 1 aromatic carbocycles. The summed E-state index contributed by atoms with van der Waals surface area (Å²) in [5.74, 6) is 0.748. The minimum absolute atomic E-state index is 0.215. The molecule has 1 amide bonds. The first-order valence-electron chi connectivity index (χ1n) is 6.29.